The summed E-state index contributed by atoms with van der Waals surface area (Å²) in [7, 11) is 0. The molecule has 3 rings (SSSR count). The van der Waals surface area contributed by atoms with E-state index in [1.807, 2.05) is 19.1 Å². The zero-order valence-electron chi connectivity index (χ0n) is 14.2. The van der Waals surface area contributed by atoms with Crippen molar-refractivity contribution in [2.24, 2.45) is 0 Å². The molecule has 2 atom stereocenters. The summed E-state index contributed by atoms with van der Waals surface area (Å²) in [6, 6.07) is 6.86. The van der Waals surface area contributed by atoms with Crippen molar-refractivity contribution in [3.8, 4) is 0 Å². The lowest BCUT2D eigenvalue weighted by Crippen LogP contribution is -2.45. The number of hydrogen-bond donors (Lipinski definition) is 2. The number of nitrogens with zero attached hydrogens (tertiary/aromatic N) is 1. The van der Waals surface area contributed by atoms with Crippen LogP contribution in [0.2, 0.25) is 5.02 Å². The van der Waals surface area contributed by atoms with E-state index in [2.05, 4.69) is 5.32 Å². The molecule has 7 heteroatoms. The molecule has 1 saturated heterocycles. The summed E-state index contributed by atoms with van der Waals surface area (Å²) in [6.45, 7) is 1.85. The Morgan fingerprint density at radius 2 is 1.92 bits per heavy atom. The van der Waals surface area contributed by atoms with Gasteiger partial charge in [0.15, 0.2) is 0 Å². The molecule has 25 heavy (non-hydrogen) atoms. The SMILES string of the molecule is C[C@H](OC[C@H](O)CN1C(=O)NC2(CCCC2)C1=O)c1ccc(Cl)cc1. The van der Waals surface area contributed by atoms with Gasteiger partial charge in [-0.25, -0.2) is 4.79 Å². The van der Waals surface area contributed by atoms with Crippen molar-refractivity contribution < 1.29 is 19.4 Å². The number of aliphatic hydroxyl groups excluding tert-OH is 1. The Morgan fingerprint density at radius 3 is 2.56 bits per heavy atom. The van der Waals surface area contributed by atoms with Crippen molar-refractivity contribution in [2.75, 3.05) is 13.2 Å². The molecule has 2 N–H and O–H groups in total. The first-order valence-corrected chi connectivity index (χ1v) is 8.98. The second kappa shape index (κ2) is 7.32. The van der Waals surface area contributed by atoms with Gasteiger partial charge in [0.2, 0.25) is 0 Å². The van der Waals surface area contributed by atoms with E-state index in [1.54, 1.807) is 12.1 Å². The van der Waals surface area contributed by atoms with Crippen LogP contribution in [0.25, 0.3) is 0 Å². The quantitative estimate of drug-likeness (QED) is 0.758. The monoisotopic (exact) mass is 366 g/mol. The van der Waals surface area contributed by atoms with Crippen LogP contribution in [0.1, 0.15) is 44.3 Å². The van der Waals surface area contributed by atoms with Crippen molar-refractivity contribution in [3.63, 3.8) is 0 Å². The summed E-state index contributed by atoms with van der Waals surface area (Å²) in [5.41, 5.74) is 0.199. The predicted octanol–water partition coefficient (Wildman–Crippen LogP) is 2.64. The first kappa shape index (κ1) is 18.2. The zero-order chi connectivity index (χ0) is 18.0. The molecule has 3 amide bonds. The maximum atomic E-state index is 12.5. The zero-order valence-corrected chi connectivity index (χ0v) is 15.0. The fraction of sp³-hybridized carbons (Fsp3) is 0.556. The Hall–Kier alpha value is -1.63. The van der Waals surface area contributed by atoms with Crippen molar-refractivity contribution in [1.29, 1.82) is 0 Å². The molecule has 0 radical (unpaired) electrons. The van der Waals surface area contributed by atoms with Gasteiger partial charge in [0.05, 0.1) is 25.4 Å². The Bertz CT molecular complexity index is 643. The average Bonchev–Trinajstić information content (AvgIpc) is 3.14. The van der Waals surface area contributed by atoms with Gasteiger partial charge in [-0.2, -0.15) is 0 Å². The number of halogens is 1. The summed E-state index contributed by atoms with van der Waals surface area (Å²) >= 11 is 5.86. The van der Waals surface area contributed by atoms with Crippen LogP contribution >= 0.6 is 11.6 Å². The van der Waals surface area contributed by atoms with E-state index in [1.165, 1.54) is 0 Å². The fourth-order valence-corrected chi connectivity index (χ4v) is 3.63. The van der Waals surface area contributed by atoms with Crippen LogP contribution in [-0.4, -0.2) is 46.7 Å². The van der Waals surface area contributed by atoms with Gasteiger partial charge in [0.25, 0.3) is 5.91 Å². The largest absolute Gasteiger partial charge is 0.389 e. The van der Waals surface area contributed by atoms with Gasteiger partial charge in [-0.15, -0.1) is 0 Å². The van der Waals surface area contributed by atoms with E-state index in [0.717, 1.165) is 23.3 Å². The number of benzene rings is 1. The minimum absolute atomic E-state index is 0.0356. The van der Waals surface area contributed by atoms with Crippen LogP contribution in [-0.2, 0) is 9.53 Å². The van der Waals surface area contributed by atoms with Gasteiger partial charge in [0, 0.05) is 5.02 Å². The van der Waals surface area contributed by atoms with Crippen LogP contribution in [0.15, 0.2) is 24.3 Å². The third-order valence-electron chi connectivity index (χ3n) is 4.97. The topological polar surface area (TPSA) is 78.9 Å². The van der Waals surface area contributed by atoms with Crippen LogP contribution in [0.5, 0.6) is 0 Å². The third kappa shape index (κ3) is 3.81. The number of urea groups is 1. The molecule has 6 nitrogen and oxygen atoms in total. The summed E-state index contributed by atoms with van der Waals surface area (Å²) in [6.07, 6.45) is 2.06. The van der Waals surface area contributed by atoms with Gasteiger partial charge in [0.1, 0.15) is 5.54 Å². The number of carbonyl (C=O) groups excluding carboxylic acids is 2. The molecule has 2 fully saturated rings. The van der Waals surface area contributed by atoms with Crippen LogP contribution in [0.4, 0.5) is 4.79 Å². The number of aliphatic hydroxyl groups is 1. The molecule has 2 aliphatic rings. The fourth-order valence-electron chi connectivity index (χ4n) is 3.51. The molecule has 0 aromatic heterocycles. The van der Waals surface area contributed by atoms with Gasteiger partial charge in [-0.3, -0.25) is 9.69 Å². The number of amides is 3. The number of carbonyl (C=O) groups is 2. The molecule has 1 spiro atoms. The molecule has 1 heterocycles. The molecule has 1 aromatic rings. The molecule has 1 aliphatic carbocycles. The Morgan fingerprint density at radius 1 is 1.28 bits per heavy atom. The summed E-state index contributed by atoms with van der Waals surface area (Å²) in [5, 5.41) is 13.6. The number of imide groups is 1. The van der Waals surface area contributed by atoms with Crippen LogP contribution < -0.4 is 5.32 Å². The third-order valence-corrected chi connectivity index (χ3v) is 5.23. The second-order valence-electron chi connectivity index (χ2n) is 6.82. The highest BCUT2D eigenvalue weighted by molar-refractivity contribution is 6.30. The normalized spacial score (nSPS) is 21.6. The van der Waals surface area contributed by atoms with E-state index in [4.69, 9.17) is 16.3 Å². The summed E-state index contributed by atoms with van der Waals surface area (Å²) in [4.78, 5) is 25.8. The van der Waals surface area contributed by atoms with Crippen molar-refractivity contribution >= 4 is 23.5 Å². The molecule has 1 aliphatic heterocycles. The number of nitrogens with one attached hydrogen (secondary N) is 1. The molecule has 0 bridgehead atoms. The van der Waals surface area contributed by atoms with Gasteiger partial charge >= 0.3 is 6.03 Å². The van der Waals surface area contributed by atoms with E-state index in [9.17, 15) is 14.7 Å². The van der Waals surface area contributed by atoms with Crippen LogP contribution in [0.3, 0.4) is 0 Å². The molecule has 136 valence electrons. The van der Waals surface area contributed by atoms with Crippen molar-refractivity contribution in [2.45, 2.75) is 50.4 Å². The van der Waals surface area contributed by atoms with E-state index >= 15 is 0 Å². The molecule has 0 unspecified atom stereocenters. The maximum absolute atomic E-state index is 12.5. The predicted molar refractivity (Wildman–Crippen MR) is 93.3 cm³/mol. The molecular formula is C18H23ClN2O4. The second-order valence-corrected chi connectivity index (χ2v) is 7.25. The Balaban J connectivity index is 1.52. The van der Waals surface area contributed by atoms with Crippen LogP contribution in [0, 0.1) is 0 Å². The minimum atomic E-state index is -0.930. The van der Waals surface area contributed by atoms with E-state index in [0.29, 0.717) is 17.9 Å². The Labute approximate surface area is 152 Å². The smallest absolute Gasteiger partial charge is 0.325 e. The summed E-state index contributed by atoms with van der Waals surface area (Å²) < 4.78 is 5.66. The van der Waals surface area contributed by atoms with Crippen molar-refractivity contribution in [1.82, 2.24) is 10.2 Å². The average molecular weight is 367 g/mol. The number of hydrogen-bond acceptors (Lipinski definition) is 4. The lowest BCUT2D eigenvalue weighted by Gasteiger charge is -2.22. The number of rotatable bonds is 6. The van der Waals surface area contributed by atoms with Gasteiger partial charge in [-0.05, 0) is 37.5 Å². The lowest BCUT2D eigenvalue weighted by molar-refractivity contribution is -0.132. The number of β-amino-alcohol motifs (C(OH)–C–C–N with tert-alkyl or cyclic N) is 1. The molecular weight excluding hydrogens is 344 g/mol. The minimum Gasteiger partial charge on any atom is -0.389 e. The van der Waals surface area contributed by atoms with Crippen molar-refractivity contribution in [3.05, 3.63) is 34.9 Å². The van der Waals surface area contributed by atoms with Gasteiger partial charge in [-0.1, -0.05) is 36.6 Å². The first-order chi connectivity index (χ1) is 11.9. The Kier molecular flexibility index (Phi) is 5.32. The van der Waals surface area contributed by atoms with E-state index < -0.39 is 17.7 Å². The van der Waals surface area contributed by atoms with E-state index in [-0.39, 0.29) is 25.2 Å². The highest BCUT2D eigenvalue weighted by Gasteiger charge is 2.52. The first-order valence-electron chi connectivity index (χ1n) is 8.60. The highest BCUT2D eigenvalue weighted by Crippen LogP contribution is 2.35. The molecule has 1 saturated carbocycles. The maximum Gasteiger partial charge on any atom is 0.325 e. The molecule has 1 aromatic carbocycles. The summed E-state index contributed by atoms with van der Waals surface area (Å²) in [5.74, 6) is -0.222. The van der Waals surface area contributed by atoms with Gasteiger partial charge < -0.3 is 15.2 Å². The standard InChI is InChI=1S/C18H23ClN2O4/c1-12(13-4-6-14(19)7-5-13)25-11-15(22)10-21-16(23)18(20-17(21)24)8-2-3-9-18/h4-7,12,15,22H,2-3,8-11H2,1H3,(H,20,24)/t12-,15+/m0/s1. The number of ether oxygens (including phenoxy) is 1. The lowest BCUT2D eigenvalue weighted by atomic mass is 9.98. The highest BCUT2D eigenvalue weighted by atomic mass is 35.5.